The quantitative estimate of drug-likeness (QED) is 0.850. The smallest absolute Gasteiger partial charge is 0.118 e. The zero-order valence-corrected chi connectivity index (χ0v) is 11.0. The van der Waals surface area contributed by atoms with Crippen LogP contribution in [0.25, 0.3) is 0 Å². The zero-order chi connectivity index (χ0) is 13.4. The average Bonchev–Trinajstić information content (AvgIpc) is 2.34. The molecule has 0 heterocycles. The first-order chi connectivity index (χ1) is 8.59. The van der Waals surface area contributed by atoms with Gasteiger partial charge in [-0.2, -0.15) is 0 Å². The molecule has 2 rings (SSSR count). The van der Waals surface area contributed by atoms with Crippen LogP contribution < -0.4 is 5.73 Å². The van der Waals surface area contributed by atoms with Gasteiger partial charge < -0.3 is 10.8 Å². The Kier molecular flexibility index (Phi) is 5.95. The van der Waals surface area contributed by atoms with Crippen molar-refractivity contribution in [2.24, 2.45) is 5.73 Å². The van der Waals surface area contributed by atoms with Gasteiger partial charge in [0.25, 0.3) is 0 Å². The van der Waals surface area contributed by atoms with Gasteiger partial charge in [-0.25, -0.2) is 0 Å². The highest BCUT2D eigenvalue weighted by molar-refractivity contribution is 5.29. The van der Waals surface area contributed by atoms with Crippen molar-refractivity contribution in [3.05, 3.63) is 65.7 Å². The number of para-hydroxylation sites is 1. The van der Waals surface area contributed by atoms with Crippen LogP contribution in [0.15, 0.2) is 54.6 Å². The summed E-state index contributed by atoms with van der Waals surface area (Å²) < 4.78 is 0. The molecule has 2 aromatic carbocycles. The Morgan fingerprint density at radius 2 is 1.56 bits per heavy atom. The van der Waals surface area contributed by atoms with Crippen LogP contribution in [0.2, 0.25) is 0 Å². The predicted octanol–water partition coefficient (Wildman–Crippen LogP) is 3.28. The van der Waals surface area contributed by atoms with Crippen LogP contribution in [-0.4, -0.2) is 11.1 Å². The van der Waals surface area contributed by atoms with Crippen molar-refractivity contribution in [2.75, 3.05) is 0 Å². The summed E-state index contributed by atoms with van der Waals surface area (Å²) in [4.78, 5) is 0. The first-order valence-electron chi connectivity index (χ1n) is 6.13. The largest absolute Gasteiger partial charge is 0.508 e. The standard InChI is InChI=1S/C9H13N.C7H8O/c1-8(10)7-9-5-3-2-4-6-9;1-6-4-2-3-5-7(6)8/h2-6,8H,7,10H2,1H3;2-5,8H,1H3. The molecule has 0 fully saturated rings. The minimum absolute atomic E-state index is 0.266. The normalized spacial score (nSPS) is 11.3. The summed E-state index contributed by atoms with van der Waals surface area (Å²) >= 11 is 0. The molecule has 18 heavy (non-hydrogen) atoms. The third-order valence-electron chi connectivity index (χ3n) is 2.52. The van der Waals surface area contributed by atoms with Gasteiger partial charge in [-0.15, -0.1) is 0 Å². The van der Waals surface area contributed by atoms with Gasteiger partial charge in [0.2, 0.25) is 0 Å². The highest BCUT2D eigenvalue weighted by atomic mass is 16.3. The molecule has 0 amide bonds. The number of hydrogen-bond acceptors (Lipinski definition) is 2. The van der Waals surface area contributed by atoms with E-state index in [1.807, 2.05) is 50.2 Å². The molecular formula is C16H21NO. The van der Waals surface area contributed by atoms with Gasteiger partial charge in [-0.05, 0) is 37.5 Å². The van der Waals surface area contributed by atoms with Crippen molar-refractivity contribution in [2.45, 2.75) is 26.3 Å². The Morgan fingerprint density at radius 1 is 1.00 bits per heavy atom. The summed E-state index contributed by atoms with van der Waals surface area (Å²) in [5.41, 5.74) is 7.87. The molecule has 0 saturated heterocycles. The highest BCUT2D eigenvalue weighted by Crippen LogP contribution is 2.12. The second kappa shape index (κ2) is 7.51. The first kappa shape index (κ1) is 14.3. The maximum absolute atomic E-state index is 8.92. The number of aromatic hydroxyl groups is 1. The van der Waals surface area contributed by atoms with Gasteiger partial charge in [0.1, 0.15) is 5.75 Å². The Labute approximate surface area is 109 Å². The van der Waals surface area contributed by atoms with Crippen molar-refractivity contribution in [3.8, 4) is 5.75 Å². The monoisotopic (exact) mass is 243 g/mol. The average molecular weight is 243 g/mol. The SMILES string of the molecule is CC(N)Cc1ccccc1.Cc1ccccc1O. The van der Waals surface area contributed by atoms with Crippen molar-refractivity contribution in [1.82, 2.24) is 0 Å². The van der Waals surface area contributed by atoms with Gasteiger partial charge in [0, 0.05) is 6.04 Å². The van der Waals surface area contributed by atoms with E-state index in [1.54, 1.807) is 6.07 Å². The van der Waals surface area contributed by atoms with E-state index in [4.69, 9.17) is 10.8 Å². The van der Waals surface area contributed by atoms with Crippen molar-refractivity contribution in [3.63, 3.8) is 0 Å². The Balaban J connectivity index is 0.000000184. The molecule has 0 bridgehead atoms. The minimum atomic E-state index is 0.266. The summed E-state index contributed by atoms with van der Waals surface area (Å²) in [5, 5.41) is 8.92. The van der Waals surface area contributed by atoms with Crippen LogP contribution in [0.4, 0.5) is 0 Å². The van der Waals surface area contributed by atoms with Crippen molar-refractivity contribution >= 4 is 0 Å². The van der Waals surface area contributed by atoms with Gasteiger partial charge in [0.05, 0.1) is 0 Å². The summed E-state index contributed by atoms with van der Waals surface area (Å²) in [6.45, 7) is 3.89. The third-order valence-corrected chi connectivity index (χ3v) is 2.52. The second-order valence-corrected chi connectivity index (χ2v) is 4.45. The number of rotatable bonds is 2. The highest BCUT2D eigenvalue weighted by Gasteiger charge is 1.94. The van der Waals surface area contributed by atoms with Gasteiger partial charge >= 0.3 is 0 Å². The molecule has 1 unspecified atom stereocenters. The molecule has 96 valence electrons. The molecule has 0 aromatic heterocycles. The Bertz CT molecular complexity index is 431. The molecule has 2 aromatic rings. The topological polar surface area (TPSA) is 46.2 Å². The maximum atomic E-state index is 8.92. The van der Waals surface area contributed by atoms with Gasteiger partial charge in [-0.3, -0.25) is 0 Å². The molecule has 0 aliphatic rings. The molecule has 0 spiro atoms. The van der Waals surface area contributed by atoms with Crippen LogP contribution in [0.1, 0.15) is 18.1 Å². The van der Waals surface area contributed by atoms with Gasteiger partial charge in [0.15, 0.2) is 0 Å². The molecule has 0 radical (unpaired) electrons. The van der Waals surface area contributed by atoms with Gasteiger partial charge in [-0.1, -0.05) is 48.5 Å². The van der Waals surface area contributed by atoms with E-state index in [0.29, 0.717) is 5.75 Å². The number of phenols is 1. The molecule has 2 heteroatoms. The van der Waals surface area contributed by atoms with Crippen LogP contribution >= 0.6 is 0 Å². The van der Waals surface area contributed by atoms with E-state index in [2.05, 4.69) is 12.1 Å². The fraction of sp³-hybridized carbons (Fsp3) is 0.250. The van der Waals surface area contributed by atoms with Crippen LogP contribution in [0, 0.1) is 6.92 Å². The van der Waals surface area contributed by atoms with E-state index < -0.39 is 0 Å². The summed E-state index contributed by atoms with van der Waals surface area (Å²) in [6.07, 6.45) is 0.973. The van der Waals surface area contributed by atoms with Crippen LogP contribution in [0.5, 0.6) is 5.75 Å². The number of phenolic OH excluding ortho intramolecular Hbond substituents is 1. The number of benzene rings is 2. The Morgan fingerprint density at radius 3 is 2.00 bits per heavy atom. The molecule has 0 saturated carbocycles. The molecule has 3 N–H and O–H groups in total. The van der Waals surface area contributed by atoms with Crippen LogP contribution in [0.3, 0.4) is 0 Å². The fourth-order valence-electron chi connectivity index (χ4n) is 1.55. The zero-order valence-electron chi connectivity index (χ0n) is 11.0. The molecule has 0 aliphatic heterocycles. The lowest BCUT2D eigenvalue weighted by Gasteiger charge is -2.02. The predicted molar refractivity (Wildman–Crippen MR) is 76.6 cm³/mol. The lowest BCUT2D eigenvalue weighted by Crippen LogP contribution is -2.17. The lowest BCUT2D eigenvalue weighted by atomic mass is 10.1. The van der Waals surface area contributed by atoms with E-state index in [1.165, 1.54) is 5.56 Å². The summed E-state index contributed by atoms with van der Waals surface area (Å²) in [7, 11) is 0. The summed E-state index contributed by atoms with van der Waals surface area (Å²) in [5.74, 6) is 0.368. The second-order valence-electron chi connectivity index (χ2n) is 4.45. The fourth-order valence-corrected chi connectivity index (χ4v) is 1.55. The molecule has 1 atom stereocenters. The van der Waals surface area contributed by atoms with E-state index >= 15 is 0 Å². The Hall–Kier alpha value is -1.80. The maximum Gasteiger partial charge on any atom is 0.118 e. The van der Waals surface area contributed by atoms with Crippen LogP contribution in [-0.2, 0) is 6.42 Å². The van der Waals surface area contributed by atoms with E-state index in [-0.39, 0.29) is 6.04 Å². The lowest BCUT2D eigenvalue weighted by molar-refractivity contribution is 0.471. The number of hydrogen-bond donors (Lipinski definition) is 2. The third kappa shape index (κ3) is 5.51. The van der Waals surface area contributed by atoms with Crippen molar-refractivity contribution < 1.29 is 5.11 Å². The molecular weight excluding hydrogens is 222 g/mol. The van der Waals surface area contributed by atoms with E-state index in [9.17, 15) is 0 Å². The minimum Gasteiger partial charge on any atom is -0.508 e. The molecule has 2 nitrogen and oxygen atoms in total. The van der Waals surface area contributed by atoms with Crippen molar-refractivity contribution in [1.29, 1.82) is 0 Å². The molecule has 0 aliphatic carbocycles. The number of nitrogens with two attached hydrogens (primary N) is 1. The van der Waals surface area contributed by atoms with E-state index in [0.717, 1.165) is 12.0 Å². The summed E-state index contributed by atoms with van der Waals surface area (Å²) in [6, 6.07) is 17.8. The first-order valence-corrected chi connectivity index (χ1v) is 6.13. The number of aryl methyl sites for hydroxylation is 1.